The SMILES string of the molecule is C1=CCC(c2nc(C3=CC=CC4Oc5c(-c6cccc7oc8cc9ccccc9cc8c67)cccc5C34)nc(-c3ccccc3)n2)C=C1. The second kappa shape index (κ2) is 10.7. The minimum Gasteiger partial charge on any atom is -0.484 e. The van der Waals surface area contributed by atoms with Gasteiger partial charge < -0.3 is 9.15 Å². The Morgan fingerprint density at radius 1 is 0.646 bits per heavy atom. The van der Waals surface area contributed by atoms with E-state index in [1.807, 2.05) is 18.2 Å². The number of aromatic nitrogens is 3. The summed E-state index contributed by atoms with van der Waals surface area (Å²) in [6, 6.07) is 35.8. The molecule has 0 radical (unpaired) electrons. The average molecular weight is 620 g/mol. The maximum Gasteiger partial charge on any atom is 0.163 e. The van der Waals surface area contributed by atoms with E-state index in [1.165, 1.54) is 5.39 Å². The van der Waals surface area contributed by atoms with Gasteiger partial charge in [-0.1, -0.05) is 121 Å². The molecule has 7 aromatic rings. The number of para-hydroxylation sites is 1. The summed E-state index contributed by atoms with van der Waals surface area (Å²) in [4.78, 5) is 15.2. The maximum absolute atomic E-state index is 6.87. The summed E-state index contributed by atoms with van der Waals surface area (Å²) >= 11 is 0. The first-order valence-corrected chi connectivity index (χ1v) is 16.5. The molecule has 3 heterocycles. The molecule has 5 aromatic carbocycles. The van der Waals surface area contributed by atoms with Crippen molar-refractivity contribution >= 4 is 38.3 Å². The summed E-state index contributed by atoms with van der Waals surface area (Å²) in [5, 5.41) is 4.55. The highest BCUT2D eigenvalue weighted by Crippen LogP contribution is 2.52. The molecule has 0 N–H and O–H groups in total. The third-order valence-electron chi connectivity index (χ3n) is 9.78. The first kappa shape index (κ1) is 27.1. The van der Waals surface area contributed by atoms with E-state index in [0.29, 0.717) is 11.6 Å². The van der Waals surface area contributed by atoms with Crippen molar-refractivity contribution in [2.45, 2.75) is 24.4 Å². The molecule has 2 aliphatic carbocycles. The molecule has 228 valence electrons. The molecule has 5 nitrogen and oxygen atoms in total. The fourth-order valence-corrected chi connectivity index (χ4v) is 7.52. The van der Waals surface area contributed by atoms with Crippen LogP contribution in [0.2, 0.25) is 0 Å². The lowest BCUT2D eigenvalue weighted by atomic mass is 9.83. The topological polar surface area (TPSA) is 61.0 Å². The summed E-state index contributed by atoms with van der Waals surface area (Å²) in [5.41, 5.74) is 7.03. The normalized spacial score (nSPS) is 19.4. The van der Waals surface area contributed by atoms with Crippen LogP contribution in [0.5, 0.6) is 5.75 Å². The van der Waals surface area contributed by atoms with E-state index in [9.17, 15) is 0 Å². The summed E-state index contributed by atoms with van der Waals surface area (Å²) in [6.45, 7) is 0. The Morgan fingerprint density at radius 3 is 2.33 bits per heavy atom. The highest BCUT2D eigenvalue weighted by Gasteiger charge is 2.40. The summed E-state index contributed by atoms with van der Waals surface area (Å²) < 4.78 is 13.3. The zero-order valence-electron chi connectivity index (χ0n) is 26.0. The fraction of sp³-hybridized carbons (Fsp3) is 0.0930. The molecule has 0 saturated heterocycles. The van der Waals surface area contributed by atoms with E-state index in [2.05, 4.69) is 127 Å². The van der Waals surface area contributed by atoms with Crippen LogP contribution in [0.3, 0.4) is 0 Å². The van der Waals surface area contributed by atoms with Gasteiger partial charge in [-0.15, -0.1) is 0 Å². The van der Waals surface area contributed by atoms with Gasteiger partial charge in [0, 0.05) is 39.0 Å². The number of hydrogen-bond acceptors (Lipinski definition) is 5. The lowest BCUT2D eigenvalue weighted by Crippen LogP contribution is -2.21. The average Bonchev–Trinajstić information content (AvgIpc) is 3.72. The van der Waals surface area contributed by atoms with Crippen LogP contribution in [0.1, 0.15) is 35.5 Å². The standard InChI is InChI=1S/C43H29N3O2/c1-3-12-26(13-4-1)41-44-42(27-14-5-2-6-15-27)46-43(45-41)33-21-11-23-36-39(33)32-20-9-19-31(40(32)48-36)30-18-10-22-35-38(30)34-24-28-16-7-8-17-29(28)25-37(34)47-35/h1-14,16-25,27,36,39H,15H2. The van der Waals surface area contributed by atoms with Crippen LogP contribution in [-0.2, 0) is 0 Å². The zero-order valence-corrected chi connectivity index (χ0v) is 26.0. The molecule has 3 atom stereocenters. The van der Waals surface area contributed by atoms with E-state index in [0.717, 1.165) is 73.1 Å². The minimum absolute atomic E-state index is 0.0603. The largest absolute Gasteiger partial charge is 0.484 e. The summed E-state index contributed by atoms with van der Waals surface area (Å²) in [6.07, 6.45) is 15.5. The Kier molecular flexibility index (Phi) is 6.06. The monoisotopic (exact) mass is 619 g/mol. The van der Waals surface area contributed by atoms with E-state index < -0.39 is 0 Å². The van der Waals surface area contributed by atoms with Crippen LogP contribution in [0.15, 0.2) is 150 Å². The zero-order chi connectivity index (χ0) is 31.6. The molecule has 3 aliphatic rings. The lowest BCUT2D eigenvalue weighted by Gasteiger charge is -2.22. The van der Waals surface area contributed by atoms with Crippen LogP contribution >= 0.6 is 0 Å². The van der Waals surface area contributed by atoms with Gasteiger partial charge in [0.05, 0.1) is 5.92 Å². The Hall–Kier alpha value is -6.07. The number of hydrogen-bond donors (Lipinski definition) is 0. The van der Waals surface area contributed by atoms with Crippen molar-refractivity contribution in [1.82, 2.24) is 15.0 Å². The molecule has 1 aliphatic heterocycles. The van der Waals surface area contributed by atoms with E-state index in [-0.39, 0.29) is 17.9 Å². The van der Waals surface area contributed by atoms with Crippen molar-refractivity contribution in [3.63, 3.8) is 0 Å². The van der Waals surface area contributed by atoms with Gasteiger partial charge in [0.25, 0.3) is 0 Å². The number of rotatable bonds is 4. The number of ether oxygens (including phenoxy) is 1. The van der Waals surface area contributed by atoms with Gasteiger partial charge in [-0.3, -0.25) is 0 Å². The van der Waals surface area contributed by atoms with Crippen molar-refractivity contribution in [1.29, 1.82) is 0 Å². The van der Waals surface area contributed by atoms with Gasteiger partial charge in [0.2, 0.25) is 0 Å². The molecule has 10 rings (SSSR count). The Labute approximate surface area is 277 Å². The van der Waals surface area contributed by atoms with E-state index >= 15 is 0 Å². The predicted octanol–water partition coefficient (Wildman–Crippen LogP) is 10.4. The van der Waals surface area contributed by atoms with Crippen LogP contribution in [0, 0.1) is 0 Å². The third kappa shape index (κ3) is 4.28. The number of fused-ring (bicyclic) bond motifs is 7. The van der Waals surface area contributed by atoms with Gasteiger partial charge >= 0.3 is 0 Å². The lowest BCUT2D eigenvalue weighted by molar-refractivity contribution is 0.272. The third-order valence-corrected chi connectivity index (χ3v) is 9.78. The van der Waals surface area contributed by atoms with E-state index in [1.54, 1.807) is 0 Å². The highest BCUT2D eigenvalue weighted by molar-refractivity contribution is 6.16. The van der Waals surface area contributed by atoms with Crippen molar-refractivity contribution in [3.05, 3.63) is 163 Å². The predicted molar refractivity (Wildman–Crippen MR) is 192 cm³/mol. The molecule has 3 unspecified atom stereocenters. The molecule has 0 bridgehead atoms. The summed E-state index contributed by atoms with van der Waals surface area (Å²) in [7, 11) is 0. The molecular weight excluding hydrogens is 590 g/mol. The van der Waals surface area contributed by atoms with Crippen LogP contribution in [-0.4, -0.2) is 21.1 Å². The second-order valence-corrected chi connectivity index (χ2v) is 12.6. The Morgan fingerprint density at radius 2 is 1.46 bits per heavy atom. The van der Waals surface area contributed by atoms with Crippen molar-refractivity contribution < 1.29 is 9.15 Å². The molecule has 0 fully saturated rings. The molecule has 0 spiro atoms. The first-order chi connectivity index (χ1) is 23.8. The Balaban J connectivity index is 1.12. The minimum atomic E-state index is -0.178. The number of nitrogens with zero attached hydrogens (tertiary/aromatic N) is 3. The second-order valence-electron chi connectivity index (χ2n) is 12.6. The maximum atomic E-state index is 6.87. The van der Waals surface area contributed by atoms with Gasteiger partial charge in [-0.2, -0.15) is 0 Å². The van der Waals surface area contributed by atoms with Crippen molar-refractivity contribution in [3.8, 4) is 28.3 Å². The molecule has 0 amide bonds. The molecule has 48 heavy (non-hydrogen) atoms. The smallest absolute Gasteiger partial charge is 0.163 e. The van der Waals surface area contributed by atoms with Crippen LogP contribution < -0.4 is 4.74 Å². The fourth-order valence-electron chi connectivity index (χ4n) is 7.52. The Bertz CT molecular complexity index is 2540. The van der Waals surface area contributed by atoms with Gasteiger partial charge in [0.15, 0.2) is 11.6 Å². The van der Waals surface area contributed by atoms with Crippen molar-refractivity contribution in [2.24, 2.45) is 0 Å². The van der Waals surface area contributed by atoms with Crippen molar-refractivity contribution in [2.75, 3.05) is 0 Å². The van der Waals surface area contributed by atoms with Crippen LogP contribution in [0.25, 0.3) is 60.8 Å². The molecule has 5 heteroatoms. The molecular formula is C43H29N3O2. The van der Waals surface area contributed by atoms with Gasteiger partial charge in [0.1, 0.15) is 28.8 Å². The van der Waals surface area contributed by atoms with E-state index in [4.69, 9.17) is 24.1 Å². The highest BCUT2D eigenvalue weighted by atomic mass is 16.5. The number of allylic oxidation sites excluding steroid dienone is 6. The molecule has 2 aromatic heterocycles. The number of benzene rings is 5. The quantitative estimate of drug-likeness (QED) is 0.196. The molecule has 0 saturated carbocycles. The van der Waals surface area contributed by atoms with Gasteiger partial charge in [-0.05, 0) is 47.0 Å². The van der Waals surface area contributed by atoms with Crippen LogP contribution in [0.4, 0.5) is 0 Å². The number of furan rings is 1. The summed E-state index contributed by atoms with van der Waals surface area (Å²) in [5.74, 6) is 3.09. The first-order valence-electron chi connectivity index (χ1n) is 16.5. The van der Waals surface area contributed by atoms with Gasteiger partial charge in [-0.25, -0.2) is 15.0 Å².